The number of hydrogen-bond acceptors (Lipinski definition) is 3. The Kier molecular flexibility index (Phi) is 4.04. The molecule has 1 fully saturated rings. The van der Waals surface area contributed by atoms with Crippen LogP contribution >= 0.6 is 0 Å². The van der Waals surface area contributed by atoms with Crippen LogP contribution in [0.1, 0.15) is 12.8 Å². The lowest BCUT2D eigenvalue weighted by molar-refractivity contribution is -0.120. The molecule has 4 nitrogen and oxygen atoms in total. The summed E-state index contributed by atoms with van der Waals surface area (Å²) in [4.78, 5) is 10.9. The summed E-state index contributed by atoms with van der Waals surface area (Å²) < 4.78 is 0. The van der Waals surface area contributed by atoms with Gasteiger partial charge in [0, 0.05) is 6.54 Å². The highest BCUT2D eigenvalue weighted by Gasteiger charge is 2.20. The average Bonchev–Trinajstić information content (AvgIpc) is 2.84. The molecule has 1 rings (SSSR count). The maximum Gasteiger partial charge on any atom is 0.234 e. The minimum absolute atomic E-state index is 0.00830. The van der Waals surface area contributed by atoms with Gasteiger partial charge in [-0.25, -0.2) is 0 Å². The van der Waals surface area contributed by atoms with Crippen LogP contribution in [0, 0.1) is 5.92 Å². The summed E-state index contributed by atoms with van der Waals surface area (Å²) in [6.45, 7) is 1.68. The van der Waals surface area contributed by atoms with Gasteiger partial charge < -0.3 is 15.7 Å². The van der Waals surface area contributed by atoms with Gasteiger partial charge in [-0.05, 0) is 25.3 Å². The van der Waals surface area contributed by atoms with Crippen LogP contribution in [0.2, 0.25) is 0 Å². The highest BCUT2D eigenvalue weighted by molar-refractivity contribution is 5.77. The second-order valence-corrected chi connectivity index (χ2v) is 3.15. The van der Waals surface area contributed by atoms with Gasteiger partial charge in [0.2, 0.25) is 5.91 Å². The largest absolute Gasteiger partial charge is 0.395 e. The van der Waals surface area contributed by atoms with Crippen LogP contribution in [-0.2, 0) is 4.79 Å². The molecule has 0 aromatic heterocycles. The van der Waals surface area contributed by atoms with E-state index in [2.05, 4.69) is 10.6 Å². The molecule has 4 heteroatoms. The highest BCUT2D eigenvalue weighted by atomic mass is 16.3. The molecule has 1 amide bonds. The normalized spacial score (nSPS) is 16.1. The van der Waals surface area contributed by atoms with E-state index in [4.69, 9.17) is 5.11 Å². The second-order valence-electron chi connectivity index (χ2n) is 3.15. The molecule has 0 atom stereocenters. The van der Waals surface area contributed by atoms with Gasteiger partial charge >= 0.3 is 0 Å². The van der Waals surface area contributed by atoms with E-state index in [-0.39, 0.29) is 12.5 Å². The van der Waals surface area contributed by atoms with E-state index in [1.807, 2.05) is 0 Å². The van der Waals surface area contributed by atoms with Gasteiger partial charge in [0.1, 0.15) is 0 Å². The first-order valence-corrected chi connectivity index (χ1v) is 4.41. The number of nitrogens with one attached hydrogen (secondary N) is 2. The van der Waals surface area contributed by atoms with E-state index < -0.39 is 0 Å². The fourth-order valence-corrected chi connectivity index (χ4v) is 0.970. The van der Waals surface area contributed by atoms with Gasteiger partial charge in [-0.15, -0.1) is 0 Å². The van der Waals surface area contributed by atoms with Crippen LogP contribution in [-0.4, -0.2) is 37.3 Å². The first-order valence-electron chi connectivity index (χ1n) is 4.41. The predicted molar refractivity (Wildman–Crippen MR) is 45.7 cm³/mol. The Labute approximate surface area is 72.3 Å². The molecule has 0 heterocycles. The number of rotatable bonds is 6. The highest BCUT2D eigenvalue weighted by Crippen LogP contribution is 2.27. The van der Waals surface area contributed by atoms with Crippen LogP contribution in [0.4, 0.5) is 0 Å². The quantitative estimate of drug-likeness (QED) is 0.486. The third kappa shape index (κ3) is 4.31. The Bertz CT molecular complexity index is 146. The van der Waals surface area contributed by atoms with E-state index in [1.54, 1.807) is 0 Å². The molecule has 0 aromatic rings. The second kappa shape index (κ2) is 5.11. The van der Waals surface area contributed by atoms with Crippen LogP contribution < -0.4 is 10.6 Å². The van der Waals surface area contributed by atoms with Gasteiger partial charge in [-0.3, -0.25) is 4.79 Å². The van der Waals surface area contributed by atoms with Crippen molar-refractivity contribution in [3.63, 3.8) is 0 Å². The Morgan fingerprint density at radius 3 is 2.83 bits per heavy atom. The molecule has 0 spiro atoms. The number of carbonyl (C=O) groups excluding carboxylic acids is 1. The molecule has 0 saturated heterocycles. The molecule has 12 heavy (non-hydrogen) atoms. The molecule has 0 bridgehead atoms. The Morgan fingerprint density at radius 2 is 2.25 bits per heavy atom. The molecule has 70 valence electrons. The summed E-state index contributed by atoms with van der Waals surface area (Å²) in [6.07, 6.45) is 2.59. The Morgan fingerprint density at radius 1 is 1.50 bits per heavy atom. The minimum Gasteiger partial charge on any atom is -0.395 e. The molecule has 0 aromatic carbocycles. The lowest BCUT2D eigenvalue weighted by Crippen LogP contribution is -2.36. The molecule has 0 radical (unpaired) electrons. The smallest absolute Gasteiger partial charge is 0.234 e. The number of hydrogen-bond donors (Lipinski definition) is 3. The summed E-state index contributed by atoms with van der Waals surface area (Å²) in [5.41, 5.74) is 0. The zero-order valence-electron chi connectivity index (χ0n) is 7.18. The van der Waals surface area contributed by atoms with Crippen molar-refractivity contribution in [3.05, 3.63) is 0 Å². The zero-order valence-corrected chi connectivity index (χ0v) is 7.18. The first-order chi connectivity index (χ1) is 5.83. The Balaban J connectivity index is 1.86. The third-order valence-electron chi connectivity index (χ3n) is 1.85. The lowest BCUT2D eigenvalue weighted by atomic mass is 10.4. The SMILES string of the molecule is O=C(CNCC1CC1)NCCO. The van der Waals surface area contributed by atoms with Crippen LogP contribution in [0.15, 0.2) is 0 Å². The molecule has 1 aliphatic rings. The van der Waals surface area contributed by atoms with Crippen molar-refractivity contribution in [2.75, 3.05) is 26.2 Å². The zero-order chi connectivity index (χ0) is 8.81. The first kappa shape index (κ1) is 9.48. The maximum absolute atomic E-state index is 10.9. The van der Waals surface area contributed by atoms with Crippen LogP contribution in [0.3, 0.4) is 0 Å². The number of carbonyl (C=O) groups is 1. The molecule has 0 aliphatic heterocycles. The van der Waals surface area contributed by atoms with Gasteiger partial charge in [0.05, 0.1) is 13.2 Å². The third-order valence-corrected chi connectivity index (χ3v) is 1.85. The van der Waals surface area contributed by atoms with E-state index in [9.17, 15) is 4.79 Å². The van der Waals surface area contributed by atoms with Gasteiger partial charge in [0.15, 0.2) is 0 Å². The average molecular weight is 172 g/mol. The van der Waals surface area contributed by atoms with Crippen molar-refractivity contribution < 1.29 is 9.90 Å². The molecular formula is C8H16N2O2. The van der Waals surface area contributed by atoms with Crippen LogP contribution in [0.25, 0.3) is 0 Å². The van der Waals surface area contributed by atoms with Crippen LogP contribution in [0.5, 0.6) is 0 Å². The number of aliphatic hydroxyl groups is 1. The fraction of sp³-hybridized carbons (Fsp3) is 0.875. The van der Waals surface area contributed by atoms with E-state index in [1.165, 1.54) is 12.8 Å². The summed E-state index contributed by atoms with van der Waals surface area (Å²) >= 11 is 0. The summed E-state index contributed by atoms with van der Waals surface area (Å²) in [7, 11) is 0. The molecule has 1 saturated carbocycles. The maximum atomic E-state index is 10.9. The molecular weight excluding hydrogens is 156 g/mol. The van der Waals surface area contributed by atoms with Crippen molar-refractivity contribution in [1.82, 2.24) is 10.6 Å². The van der Waals surface area contributed by atoms with Gasteiger partial charge in [-0.2, -0.15) is 0 Å². The summed E-state index contributed by atoms with van der Waals surface area (Å²) in [5.74, 6) is 0.764. The topological polar surface area (TPSA) is 61.4 Å². The van der Waals surface area contributed by atoms with Crippen molar-refractivity contribution in [1.29, 1.82) is 0 Å². The molecule has 1 aliphatic carbocycles. The van der Waals surface area contributed by atoms with E-state index >= 15 is 0 Å². The number of amides is 1. The van der Waals surface area contributed by atoms with Crippen molar-refractivity contribution in [2.24, 2.45) is 5.92 Å². The lowest BCUT2D eigenvalue weighted by Gasteiger charge is -2.03. The summed E-state index contributed by atoms with van der Waals surface area (Å²) in [5, 5.41) is 14.0. The summed E-state index contributed by atoms with van der Waals surface area (Å²) in [6, 6.07) is 0. The van der Waals surface area contributed by atoms with E-state index in [0.29, 0.717) is 13.1 Å². The van der Waals surface area contributed by atoms with Gasteiger partial charge in [-0.1, -0.05) is 0 Å². The van der Waals surface area contributed by atoms with Crippen molar-refractivity contribution in [2.45, 2.75) is 12.8 Å². The van der Waals surface area contributed by atoms with Gasteiger partial charge in [0.25, 0.3) is 0 Å². The minimum atomic E-state index is -0.0373. The Hall–Kier alpha value is -0.610. The predicted octanol–water partition coefficient (Wildman–Crippen LogP) is -0.905. The molecule has 3 N–H and O–H groups in total. The van der Waals surface area contributed by atoms with E-state index in [0.717, 1.165) is 12.5 Å². The fourth-order valence-electron chi connectivity index (χ4n) is 0.970. The van der Waals surface area contributed by atoms with Crippen molar-refractivity contribution >= 4 is 5.91 Å². The standard InChI is InChI=1S/C8H16N2O2/c11-4-3-10-8(12)6-9-5-7-1-2-7/h7,9,11H,1-6H2,(H,10,12). The monoisotopic (exact) mass is 172 g/mol. The molecule has 0 unspecified atom stereocenters. The number of aliphatic hydroxyl groups excluding tert-OH is 1. The van der Waals surface area contributed by atoms with Crippen molar-refractivity contribution in [3.8, 4) is 0 Å².